The van der Waals surface area contributed by atoms with Crippen molar-refractivity contribution >= 4 is 12.4 Å². The number of rotatable bonds is 4. The van der Waals surface area contributed by atoms with Gasteiger partial charge in [0.15, 0.2) is 0 Å². The predicted molar refractivity (Wildman–Crippen MR) is 80.6 cm³/mol. The van der Waals surface area contributed by atoms with Crippen LogP contribution in [0.1, 0.15) is 26.2 Å². The molecular weight excluding hydrogens is 246 g/mol. The van der Waals surface area contributed by atoms with Crippen molar-refractivity contribution < 1.29 is 0 Å². The van der Waals surface area contributed by atoms with Crippen molar-refractivity contribution in [3.63, 3.8) is 0 Å². The van der Waals surface area contributed by atoms with Gasteiger partial charge in [0.1, 0.15) is 0 Å². The lowest BCUT2D eigenvalue weighted by Crippen LogP contribution is -2.43. The summed E-state index contributed by atoms with van der Waals surface area (Å²) >= 11 is 0. The SMILES string of the molecule is CN(C)CC1CCN(CC2(C)CCNC2)CC1.Cl. The third kappa shape index (κ3) is 4.69. The lowest BCUT2D eigenvalue weighted by atomic mass is 9.87. The van der Waals surface area contributed by atoms with Crippen LogP contribution in [0.15, 0.2) is 0 Å². The van der Waals surface area contributed by atoms with Crippen molar-refractivity contribution in [1.82, 2.24) is 15.1 Å². The van der Waals surface area contributed by atoms with Crippen LogP contribution in [-0.2, 0) is 0 Å². The molecule has 2 fully saturated rings. The molecule has 0 bridgehead atoms. The highest BCUT2D eigenvalue weighted by Crippen LogP contribution is 2.28. The number of piperidine rings is 1. The van der Waals surface area contributed by atoms with Crippen LogP contribution in [0.4, 0.5) is 0 Å². The van der Waals surface area contributed by atoms with Gasteiger partial charge in [-0.3, -0.25) is 0 Å². The normalized spacial score (nSPS) is 30.7. The minimum Gasteiger partial charge on any atom is -0.316 e. The smallest absolute Gasteiger partial charge is 0.00480 e. The van der Waals surface area contributed by atoms with Crippen LogP contribution >= 0.6 is 12.4 Å². The van der Waals surface area contributed by atoms with Crippen LogP contribution in [-0.4, -0.2) is 63.2 Å². The van der Waals surface area contributed by atoms with E-state index in [1.54, 1.807) is 0 Å². The van der Waals surface area contributed by atoms with Crippen LogP contribution in [0.2, 0.25) is 0 Å². The summed E-state index contributed by atoms with van der Waals surface area (Å²) in [7, 11) is 4.38. The van der Waals surface area contributed by atoms with E-state index in [-0.39, 0.29) is 12.4 Å². The van der Waals surface area contributed by atoms with Crippen molar-refractivity contribution in [3.8, 4) is 0 Å². The zero-order chi connectivity index (χ0) is 12.3. The van der Waals surface area contributed by atoms with Gasteiger partial charge in [-0.15, -0.1) is 12.4 Å². The zero-order valence-electron chi connectivity index (χ0n) is 12.2. The van der Waals surface area contributed by atoms with Crippen molar-refractivity contribution in [2.45, 2.75) is 26.2 Å². The second-order valence-corrected chi connectivity index (χ2v) is 6.72. The minimum absolute atomic E-state index is 0. The van der Waals surface area contributed by atoms with Crippen molar-refractivity contribution in [2.24, 2.45) is 11.3 Å². The first-order valence-corrected chi connectivity index (χ1v) is 7.15. The Labute approximate surface area is 119 Å². The summed E-state index contributed by atoms with van der Waals surface area (Å²) in [4.78, 5) is 5.03. The second kappa shape index (κ2) is 7.09. The molecular formula is C14H30ClN3. The fraction of sp³-hybridized carbons (Fsp3) is 1.00. The zero-order valence-corrected chi connectivity index (χ0v) is 13.1. The van der Waals surface area contributed by atoms with E-state index < -0.39 is 0 Å². The predicted octanol–water partition coefficient (Wildman–Crippen LogP) is 1.68. The Kier molecular flexibility index (Phi) is 6.39. The molecule has 18 heavy (non-hydrogen) atoms. The Hall–Kier alpha value is 0.170. The monoisotopic (exact) mass is 275 g/mol. The van der Waals surface area contributed by atoms with Crippen LogP contribution in [0.3, 0.4) is 0 Å². The average molecular weight is 276 g/mol. The third-order valence-electron chi connectivity index (χ3n) is 4.39. The standard InChI is InChI=1S/C14H29N3.ClH/c1-14(6-7-15-11-14)12-17-8-4-13(5-9-17)10-16(2)3;/h13,15H,4-12H2,1-3H3;1H. The Morgan fingerprint density at radius 3 is 2.44 bits per heavy atom. The molecule has 2 saturated heterocycles. The molecule has 0 aliphatic carbocycles. The molecule has 2 heterocycles. The first kappa shape index (κ1) is 16.2. The van der Waals surface area contributed by atoms with E-state index >= 15 is 0 Å². The highest BCUT2D eigenvalue weighted by molar-refractivity contribution is 5.85. The van der Waals surface area contributed by atoms with Crippen molar-refractivity contribution in [2.75, 3.05) is 53.4 Å². The van der Waals surface area contributed by atoms with E-state index in [9.17, 15) is 0 Å². The van der Waals surface area contributed by atoms with E-state index in [4.69, 9.17) is 0 Å². The first-order chi connectivity index (χ1) is 8.07. The molecule has 1 N–H and O–H groups in total. The van der Waals surface area contributed by atoms with Crippen molar-refractivity contribution in [1.29, 1.82) is 0 Å². The highest BCUT2D eigenvalue weighted by Gasteiger charge is 2.31. The number of hydrogen-bond donors (Lipinski definition) is 1. The van der Waals surface area contributed by atoms with E-state index in [0.717, 1.165) is 5.92 Å². The lowest BCUT2D eigenvalue weighted by Gasteiger charge is -2.37. The second-order valence-electron chi connectivity index (χ2n) is 6.72. The van der Waals surface area contributed by atoms with Gasteiger partial charge in [0.05, 0.1) is 0 Å². The molecule has 0 aromatic heterocycles. The molecule has 0 saturated carbocycles. The maximum atomic E-state index is 3.50. The first-order valence-electron chi connectivity index (χ1n) is 7.15. The number of nitrogens with zero attached hydrogens (tertiary/aromatic N) is 2. The molecule has 2 aliphatic heterocycles. The highest BCUT2D eigenvalue weighted by atomic mass is 35.5. The molecule has 2 rings (SSSR count). The number of halogens is 1. The molecule has 1 atom stereocenters. The van der Waals surface area contributed by atoms with E-state index in [2.05, 4.69) is 36.1 Å². The summed E-state index contributed by atoms with van der Waals surface area (Å²) in [5.41, 5.74) is 0.536. The average Bonchev–Trinajstić information content (AvgIpc) is 2.67. The quantitative estimate of drug-likeness (QED) is 0.842. The van der Waals surface area contributed by atoms with E-state index in [1.807, 2.05) is 0 Å². The topological polar surface area (TPSA) is 18.5 Å². The van der Waals surface area contributed by atoms with Gasteiger partial charge in [-0.2, -0.15) is 0 Å². The Balaban J connectivity index is 0.00000162. The summed E-state index contributed by atoms with van der Waals surface area (Å²) in [6.07, 6.45) is 4.13. The maximum absolute atomic E-state index is 3.50. The summed E-state index contributed by atoms with van der Waals surface area (Å²) in [5, 5.41) is 3.50. The molecule has 3 nitrogen and oxygen atoms in total. The van der Waals surface area contributed by atoms with Gasteiger partial charge in [0.2, 0.25) is 0 Å². The molecule has 0 spiro atoms. The lowest BCUT2D eigenvalue weighted by molar-refractivity contribution is 0.118. The largest absolute Gasteiger partial charge is 0.316 e. The van der Waals surface area contributed by atoms with Gasteiger partial charge in [-0.05, 0) is 64.3 Å². The van der Waals surface area contributed by atoms with E-state index in [0.29, 0.717) is 5.41 Å². The Morgan fingerprint density at radius 1 is 1.28 bits per heavy atom. The van der Waals surface area contributed by atoms with Crippen LogP contribution in [0.5, 0.6) is 0 Å². The molecule has 2 aliphatic rings. The summed E-state index contributed by atoms with van der Waals surface area (Å²) in [6, 6.07) is 0. The summed E-state index contributed by atoms with van der Waals surface area (Å²) in [5.74, 6) is 0.927. The maximum Gasteiger partial charge on any atom is 0.00480 e. The molecule has 0 aromatic carbocycles. The van der Waals surface area contributed by atoms with Crippen molar-refractivity contribution in [3.05, 3.63) is 0 Å². The fourth-order valence-corrected chi connectivity index (χ4v) is 3.39. The molecule has 1 unspecified atom stereocenters. The van der Waals surface area contributed by atoms with Crippen LogP contribution < -0.4 is 5.32 Å². The number of nitrogens with one attached hydrogen (secondary N) is 1. The minimum atomic E-state index is 0. The summed E-state index contributed by atoms with van der Waals surface area (Å²) in [6.45, 7) is 10.1. The van der Waals surface area contributed by atoms with Gasteiger partial charge >= 0.3 is 0 Å². The fourth-order valence-electron chi connectivity index (χ4n) is 3.39. The number of likely N-dealkylation sites (tertiary alicyclic amines) is 1. The molecule has 4 heteroatoms. The van der Waals surface area contributed by atoms with Crippen LogP contribution in [0.25, 0.3) is 0 Å². The molecule has 0 radical (unpaired) electrons. The molecule has 108 valence electrons. The number of hydrogen-bond acceptors (Lipinski definition) is 3. The van der Waals surface area contributed by atoms with Gasteiger partial charge in [0, 0.05) is 19.6 Å². The molecule has 0 aromatic rings. The third-order valence-corrected chi connectivity index (χ3v) is 4.39. The van der Waals surface area contributed by atoms with Gasteiger partial charge < -0.3 is 15.1 Å². The van der Waals surface area contributed by atoms with Gasteiger partial charge in [-0.25, -0.2) is 0 Å². The van der Waals surface area contributed by atoms with E-state index in [1.165, 1.54) is 58.5 Å². The Bertz CT molecular complexity index is 231. The van der Waals surface area contributed by atoms with Gasteiger partial charge in [-0.1, -0.05) is 6.92 Å². The summed E-state index contributed by atoms with van der Waals surface area (Å²) < 4.78 is 0. The Morgan fingerprint density at radius 2 is 1.94 bits per heavy atom. The molecule has 0 amide bonds. The van der Waals surface area contributed by atoms with Gasteiger partial charge in [0.25, 0.3) is 0 Å². The van der Waals surface area contributed by atoms with Crippen LogP contribution in [0, 0.1) is 11.3 Å².